The molecule has 0 saturated heterocycles. The maximum atomic E-state index is 12.7. The predicted molar refractivity (Wildman–Crippen MR) is 74.7 cm³/mol. The Morgan fingerprint density at radius 2 is 1.47 bits per heavy atom. The van der Waals surface area contributed by atoms with Gasteiger partial charge in [0, 0.05) is 22.1 Å². The van der Waals surface area contributed by atoms with E-state index in [1.807, 2.05) is 7.05 Å². The van der Waals surface area contributed by atoms with Gasteiger partial charge in [-0.25, -0.2) is 0 Å². The number of hydrogen-bond acceptors (Lipinski definition) is 2. The van der Waals surface area contributed by atoms with Gasteiger partial charge in [-0.1, -0.05) is 38.5 Å². The lowest BCUT2D eigenvalue weighted by atomic mass is 9.96. The smallest absolute Gasteiger partial charge is 0.0503 e. The van der Waals surface area contributed by atoms with Crippen LogP contribution in [0, 0.1) is 0 Å². The van der Waals surface area contributed by atoms with Gasteiger partial charge in [-0.15, -0.1) is 0 Å². The van der Waals surface area contributed by atoms with Gasteiger partial charge >= 0.3 is 0 Å². The van der Waals surface area contributed by atoms with E-state index in [4.69, 9.17) is 0 Å². The first-order valence-corrected chi connectivity index (χ1v) is 8.67. The molecular formula is C14H27NOS. The second-order valence-corrected chi connectivity index (χ2v) is 7.59. The summed E-state index contributed by atoms with van der Waals surface area (Å²) in [6.07, 6.45) is 12.7. The Hall–Kier alpha value is 0.110. The van der Waals surface area contributed by atoms with E-state index in [-0.39, 0.29) is 0 Å². The Kier molecular flexibility index (Phi) is 5.49. The molecule has 0 aromatic rings. The van der Waals surface area contributed by atoms with Crippen LogP contribution in [0.3, 0.4) is 0 Å². The molecule has 2 saturated carbocycles. The van der Waals surface area contributed by atoms with Crippen molar-refractivity contribution in [2.24, 2.45) is 0 Å². The zero-order chi connectivity index (χ0) is 12.1. The highest BCUT2D eigenvalue weighted by Crippen LogP contribution is 2.29. The van der Waals surface area contributed by atoms with Crippen LogP contribution < -0.4 is 5.32 Å². The Balaban J connectivity index is 1.99. The van der Waals surface area contributed by atoms with Crippen molar-refractivity contribution in [3.05, 3.63) is 0 Å². The predicted octanol–water partition coefficient (Wildman–Crippen LogP) is 2.99. The summed E-state index contributed by atoms with van der Waals surface area (Å²) in [5.74, 6) is 0. The Morgan fingerprint density at radius 1 is 0.882 bits per heavy atom. The van der Waals surface area contributed by atoms with E-state index in [9.17, 15) is 4.21 Å². The summed E-state index contributed by atoms with van der Waals surface area (Å²) in [6.45, 7) is 0. The Bertz CT molecular complexity index is 251. The molecule has 2 nitrogen and oxygen atoms in total. The van der Waals surface area contributed by atoms with Crippen LogP contribution in [0.5, 0.6) is 0 Å². The van der Waals surface area contributed by atoms with Crippen molar-refractivity contribution < 1.29 is 4.21 Å². The van der Waals surface area contributed by atoms with Crippen LogP contribution in [-0.4, -0.2) is 27.8 Å². The lowest BCUT2D eigenvalue weighted by Gasteiger charge is -2.30. The highest BCUT2D eigenvalue weighted by Gasteiger charge is 2.32. The van der Waals surface area contributed by atoms with E-state index < -0.39 is 10.8 Å². The van der Waals surface area contributed by atoms with Gasteiger partial charge in [0.2, 0.25) is 0 Å². The number of nitrogens with one attached hydrogen (secondary N) is 1. The summed E-state index contributed by atoms with van der Waals surface area (Å²) in [5.41, 5.74) is 0. The van der Waals surface area contributed by atoms with Crippen LogP contribution in [0.15, 0.2) is 0 Å². The molecule has 2 aliphatic rings. The molecule has 0 amide bonds. The first-order chi connectivity index (χ1) is 8.33. The van der Waals surface area contributed by atoms with Crippen LogP contribution in [0.25, 0.3) is 0 Å². The van der Waals surface area contributed by atoms with Crippen molar-refractivity contribution in [3.63, 3.8) is 0 Å². The van der Waals surface area contributed by atoms with E-state index in [2.05, 4.69) is 5.32 Å². The van der Waals surface area contributed by atoms with Crippen LogP contribution in [0.1, 0.15) is 64.2 Å². The SMILES string of the molecule is CNC1CCCCCCC1S(=O)C1CCCC1. The Morgan fingerprint density at radius 3 is 2.12 bits per heavy atom. The molecule has 3 atom stereocenters. The third kappa shape index (κ3) is 3.54. The summed E-state index contributed by atoms with van der Waals surface area (Å²) in [7, 11) is 1.45. The highest BCUT2D eigenvalue weighted by atomic mass is 32.2. The molecule has 2 fully saturated rings. The largest absolute Gasteiger partial charge is 0.316 e. The van der Waals surface area contributed by atoms with Crippen molar-refractivity contribution in [3.8, 4) is 0 Å². The first kappa shape index (κ1) is 13.5. The standard InChI is InChI=1S/C14H27NOS/c1-15-13-10-4-2-3-5-11-14(13)17(16)12-8-6-7-9-12/h12-15H,2-11H2,1H3. The van der Waals surface area contributed by atoms with Gasteiger partial charge < -0.3 is 5.32 Å². The lowest BCUT2D eigenvalue weighted by Crippen LogP contribution is -2.43. The van der Waals surface area contributed by atoms with Gasteiger partial charge in [0.1, 0.15) is 0 Å². The lowest BCUT2D eigenvalue weighted by molar-refractivity contribution is 0.413. The van der Waals surface area contributed by atoms with Crippen molar-refractivity contribution in [2.45, 2.75) is 80.7 Å². The summed E-state index contributed by atoms with van der Waals surface area (Å²) >= 11 is 0. The molecule has 100 valence electrons. The minimum absolute atomic E-state index is 0.420. The molecule has 0 aromatic heterocycles. The maximum absolute atomic E-state index is 12.7. The molecule has 0 aromatic carbocycles. The third-order valence-electron chi connectivity index (χ3n) is 4.50. The molecule has 0 bridgehead atoms. The van der Waals surface area contributed by atoms with Gasteiger partial charge in [0.05, 0.1) is 5.25 Å². The summed E-state index contributed by atoms with van der Waals surface area (Å²) in [5, 5.41) is 4.36. The summed E-state index contributed by atoms with van der Waals surface area (Å²) in [6, 6.07) is 0.497. The second kappa shape index (κ2) is 6.89. The van der Waals surface area contributed by atoms with Crippen molar-refractivity contribution in [2.75, 3.05) is 7.05 Å². The molecule has 3 unspecified atom stereocenters. The normalized spacial score (nSPS) is 34.2. The van der Waals surface area contributed by atoms with E-state index >= 15 is 0 Å². The Labute approximate surface area is 108 Å². The van der Waals surface area contributed by atoms with Crippen LogP contribution in [0.2, 0.25) is 0 Å². The number of rotatable bonds is 3. The van der Waals surface area contributed by atoms with Crippen molar-refractivity contribution >= 4 is 10.8 Å². The third-order valence-corrected chi connectivity index (χ3v) is 6.79. The fourth-order valence-corrected chi connectivity index (χ4v) is 5.71. The average molecular weight is 257 g/mol. The molecule has 17 heavy (non-hydrogen) atoms. The molecule has 0 heterocycles. The fourth-order valence-electron chi connectivity index (χ4n) is 3.43. The maximum Gasteiger partial charge on any atom is 0.0503 e. The van der Waals surface area contributed by atoms with Gasteiger partial charge in [-0.05, 0) is 32.7 Å². The van der Waals surface area contributed by atoms with Gasteiger partial charge in [0.25, 0.3) is 0 Å². The van der Waals surface area contributed by atoms with E-state index in [1.165, 1.54) is 64.2 Å². The molecule has 0 spiro atoms. The highest BCUT2D eigenvalue weighted by molar-refractivity contribution is 7.86. The van der Waals surface area contributed by atoms with Crippen molar-refractivity contribution in [1.82, 2.24) is 5.32 Å². The van der Waals surface area contributed by atoms with E-state index in [0.29, 0.717) is 16.5 Å². The molecule has 1 N–H and O–H groups in total. The molecule has 0 aliphatic heterocycles. The zero-order valence-corrected chi connectivity index (χ0v) is 11.9. The van der Waals surface area contributed by atoms with Crippen LogP contribution in [-0.2, 0) is 10.8 Å². The van der Waals surface area contributed by atoms with E-state index in [0.717, 1.165) is 0 Å². The molecular weight excluding hydrogens is 230 g/mol. The fraction of sp³-hybridized carbons (Fsp3) is 1.00. The second-order valence-electron chi connectivity index (χ2n) is 5.66. The minimum Gasteiger partial charge on any atom is -0.316 e. The van der Waals surface area contributed by atoms with Gasteiger partial charge in [-0.3, -0.25) is 4.21 Å². The summed E-state index contributed by atoms with van der Waals surface area (Å²) < 4.78 is 12.7. The molecule has 2 aliphatic carbocycles. The topological polar surface area (TPSA) is 29.1 Å². The van der Waals surface area contributed by atoms with Crippen LogP contribution >= 0.6 is 0 Å². The van der Waals surface area contributed by atoms with Crippen LogP contribution in [0.4, 0.5) is 0 Å². The van der Waals surface area contributed by atoms with Gasteiger partial charge in [-0.2, -0.15) is 0 Å². The minimum atomic E-state index is -0.593. The molecule has 0 radical (unpaired) electrons. The average Bonchev–Trinajstić information content (AvgIpc) is 2.82. The monoisotopic (exact) mass is 257 g/mol. The number of hydrogen-bond donors (Lipinski definition) is 1. The molecule has 3 heteroatoms. The molecule has 2 rings (SSSR count). The quantitative estimate of drug-likeness (QED) is 0.842. The van der Waals surface area contributed by atoms with Crippen molar-refractivity contribution in [1.29, 1.82) is 0 Å². The summed E-state index contributed by atoms with van der Waals surface area (Å²) in [4.78, 5) is 0. The van der Waals surface area contributed by atoms with Gasteiger partial charge in [0.15, 0.2) is 0 Å². The first-order valence-electron chi connectivity index (χ1n) is 7.39. The zero-order valence-electron chi connectivity index (χ0n) is 11.1. The van der Waals surface area contributed by atoms with E-state index in [1.54, 1.807) is 0 Å².